The molecule has 1 unspecified atom stereocenters. The van der Waals surface area contributed by atoms with Crippen LogP contribution < -0.4 is 15.5 Å². The number of nitrogens with one attached hydrogen (secondary N) is 2. The Balaban J connectivity index is 1.28. The van der Waals surface area contributed by atoms with Crippen molar-refractivity contribution < 1.29 is 9.59 Å². The Kier molecular flexibility index (Phi) is 6.33. The lowest BCUT2D eigenvalue weighted by Gasteiger charge is -2.16. The molecule has 2 aromatic heterocycles. The minimum atomic E-state index is -0.115. The number of hydrogen-bond donors (Lipinski definition) is 2. The van der Waals surface area contributed by atoms with Gasteiger partial charge >= 0.3 is 0 Å². The summed E-state index contributed by atoms with van der Waals surface area (Å²) >= 11 is 0. The zero-order valence-corrected chi connectivity index (χ0v) is 20.6. The summed E-state index contributed by atoms with van der Waals surface area (Å²) in [4.78, 5) is 39.4. The number of hydrogen-bond acceptors (Lipinski definition) is 6. The standard InChI is InChI=1S/C28H28N6O2/c1-17(20-5-4-6-21-22(28(36)29-2)10-12-31-27(20)21)9-11-30-25-15-23(32-16-33-25)18-7-8-24-19(13-18)14-26(35)34(24)3/h4-8,10,12-13,15-17H,9,11,14H2,1-3H3,(H,29,36)(H,30,32,33). The fourth-order valence-electron chi connectivity index (χ4n) is 4.74. The van der Waals surface area contributed by atoms with Crippen molar-refractivity contribution in [3.63, 3.8) is 0 Å². The fourth-order valence-corrected chi connectivity index (χ4v) is 4.74. The van der Waals surface area contributed by atoms with Crippen LogP contribution in [0.5, 0.6) is 0 Å². The van der Waals surface area contributed by atoms with E-state index in [2.05, 4.69) is 38.6 Å². The van der Waals surface area contributed by atoms with Crippen LogP contribution in [0.2, 0.25) is 0 Å². The minimum Gasteiger partial charge on any atom is -0.370 e. The summed E-state index contributed by atoms with van der Waals surface area (Å²) in [5.41, 5.74) is 6.35. The number of amides is 2. The van der Waals surface area contributed by atoms with Crippen molar-refractivity contribution in [3.8, 4) is 11.3 Å². The van der Waals surface area contributed by atoms with Crippen LogP contribution in [0.25, 0.3) is 22.2 Å². The Morgan fingerprint density at radius 3 is 2.81 bits per heavy atom. The lowest BCUT2D eigenvalue weighted by Crippen LogP contribution is -2.20. The molecule has 0 aliphatic carbocycles. The molecule has 2 aromatic carbocycles. The van der Waals surface area contributed by atoms with E-state index in [0.717, 1.165) is 51.2 Å². The molecule has 2 amide bonds. The minimum absolute atomic E-state index is 0.104. The van der Waals surface area contributed by atoms with E-state index < -0.39 is 0 Å². The number of pyridine rings is 1. The summed E-state index contributed by atoms with van der Waals surface area (Å²) in [6.45, 7) is 2.88. The van der Waals surface area contributed by atoms with Gasteiger partial charge in [-0.2, -0.15) is 0 Å². The van der Waals surface area contributed by atoms with Crippen molar-refractivity contribution in [3.05, 3.63) is 77.7 Å². The number of fused-ring (bicyclic) bond motifs is 2. The maximum atomic E-state index is 12.3. The predicted molar refractivity (Wildman–Crippen MR) is 141 cm³/mol. The summed E-state index contributed by atoms with van der Waals surface area (Å²) in [6.07, 6.45) is 4.52. The first-order chi connectivity index (χ1) is 17.5. The molecule has 1 aliphatic rings. The number of rotatable bonds is 7. The molecular formula is C28H28N6O2. The van der Waals surface area contributed by atoms with Gasteiger partial charge in [0.2, 0.25) is 5.91 Å². The van der Waals surface area contributed by atoms with E-state index in [4.69, 9.17) is 0 Å². The molecule has 36 heavy (non-hydrogen) atoms. The largest absolute Gasteiger partial charge is 0.370 e. The van der Waals surface area contributed by atoms with Gasteiger partial charge in [-0.1, -0.05) is 31.2 Å². The molecule has 8 heteroatoms. The van der Waals surface area contributed by atoms with E-state index in [-0.39, 0.29) is 17.7 Å². The summed E-state index contributed by atoms with van der Waals surface area (Å²) < 4.78 is 0. The topological polar surface area (TPSA) is 100 Å². The van der Waals surface area contributed by atoms with Crippen LogP contribution in [0.3, 0.4) is 0 Å². The molecule has 1 atom stereocenters. The number of likely N-dealkylation sites (N-methyl/N-ethyl adjacent to an activating group) is 1. The molecule has 0 bridgehead atoms. The van der Waals surface area contributed by atoms with Gasteiger partial charge in [-0.25, -0.2) is 9.97 Å². The van der Waals surface area contributed by atoms with Crippen molar-refractivity contribution in [2.24, 2.45) is 0 Å². The third kappa shape index (κ3) is 4.37. The second-order valence-electron chi connectivity index (χ2n) is 9.06. The molecule has 3 heterocycles. The summed E-state index contributed by atoms with van der Waals surface area (Å²) in [5.74, 6) is 0.961. The van der Waals surface area contributed by atoms with E-state index in [0.29, 0.717) is 18.5 Å². The van der Waals surface area contributed by atoms with Crippen LogP contribution >= 0.6 is 0 Å². The fraction of sp³-hybridized carbons (Fsp3) is 0.250. The molecule has 0 spiro atoms. The number of nitrogens with zero attached hydrogens (tertiary/aromatic N) is 4. The van der Waals surface area contributed by atoms with Gasteiger partial charge in [0.05, 0.1) is 23.2 Å². The average Bonchev–Trinajstić information content (AvgIpc) is 3.20. The molecule has 182 valence electrons. The highest BCUT2D eigenvalue weighted by molar-refractivity contribution is 6.06. The highest BCUT2D eigenvalue weighted by atomic mass is 16.2. The summed E-state index contributed by atoms with van der Waals surface area (Å²) in [5, 5.41) is 6.97. The Morgan fingerprint density at radius 2 is 1.97 bits per heavy atom. The van der Waals surface area contributed by atoms with E-state index >= 15 is 0 Å². The SMILES string of the molecule is CNC(=O)c1ccnc2c(C(C)CCNc3cc(-c4ccc5c(c4)CC(=O)N5C)ncn3)cccc12. The normalized spacial score (nSPS) is 13.5. The second-order valence-corrected chi connectivity index (χ2v) is 9.06. The van der Waals surface area contributed by atoms with E-state index in [1.165, 1.54) is 0 Å². The highest BCUT2D eigenvalue weighted by Gasteiger charge is 2.24. The lowest BCUT2D eigenvalue weighted by atomic mass is 9.93. The number of carbonyl (C=O) groups is 2. The average molecular weight is 481 g/mol. The zero-order chi connectivity index (χ0) is 25.2. The zero-order valence-electron chi connectivity index (χ0n) is 20.6. The van der Waals surface area contributed by atoms with Gasteiger partial charge in [0.25, 0.3) is 5.91 Å². The van der Waals surface area contributed by atoms with Gasteiger partial charge < -0.3 is 15.5 Å². The van der Waals surface area contributed by atoms with Crippen LogP contribution in [0, 0.1) is 0 Å². The molecule has 4 aromatic rings. The first-order valence-corrected chi connectivity index (χ1v) is 12.0. The first-order valence-electron chi connectivity index (χ1n) is 12.0. The highest BCUT2D eigenvalue weighted by Crippen LogP contribution is 2.32. The number of para-hydroxylation sites is 1. The van der Waals surface area contributed by atoms with Gasteiger partial charge in [0.1, 0.15) is 12.1 Å². The van der Waals surface area contributed by atoms with Crippen molar-refractivity contribution in [1.82, 2.24) is 20.3 Å². The van der Waals surface area contributed by atoms with Gasteiger partial charge in [0, 0.05) is 49.5 Å². The number of carbonyl (C=O) groups excluding carboxylic acids is 2. The molecule has 0 fully saturated rings. The lowest BCUT2D eigenvalue weighted by molar-refractivity contribution is -0.117. The van der Waals surface area contributed by atoms with E-state index in [9.17, 15) is 9.59 Å². The monoisotopic (exact) mass is 480 g/mol. The second kappa shape index (κ2) is 9.73. The van der Waals surface area contributed by atoms with Crippen LogP contribution in [0.15, 0.2) is 61.1 Å². The maximum absolute atomic E-state index is 12.3. The number of anilines is 2. The molecule has 8 nitrogen and oxygen atoms in total. The van der Waals surface area contributed by atoms with Crippen LogP contribution in [0.4, 0.5) is 11.5 Å². The number of benzene rings is 2. The third-order valence-corrected chi connectivity index (χ3v) is 6.81. The van der Waals surface area contributed by atoms with Gasteiger partial charge in [-0.15, -0.1) is 0 Å². The molecule has 0 radical (unpaired) electrons. The Labute approximate surface area is 209 Å². The van der Waals surface area contributed by atoms with Gasteiger partial charge in [0.15, 0.2) is 0 Å². The van der Waals surface area contributed by atoms with Crippen LogP contribution in [-0.2, 0) is 11.2 Å². The van der Waals surface area contributed by atoms with Crippen molar-refractivity contribution in [1.29, 1.82) is 0 Å². The van der Waals surface area contributed by atoms with Crippen molar-refractivity contribution >= 4 is 34.2 Å². The van der Waals surface area contributed by atoms with Crippen LogP contribution in [-0.4, -0.2) is 47.4 Å². The molecule has 1 aliphatic heterocycles. The number of aromatic nitrogens is 3. The predicted octanol–water partition coefficient (Wildman–Crippen LogP) is 4.18. The summed E-state index contributed by atoms with van der Waals surface area (Å²) in [7, 11) is 3.44. The van der Waals surface area contributed by atoms with Gasteiger partial charge in [-0.05, 0) is 41.7 Å². The van der Waals surface area contributed by atoms with Crippen molar-refractivity contribution in [2.75, 3.05) is 30.9 Å². The molecule has 2 N–H and O–H groups in total. The molecular weight excluding hydrogens is 452 g/mol. The molecule has 0 saturated heterocycles. The Hall–Kier alpha value is -4.33. The smallest absolute Gasteiger partial charge is 0.251 e. The maximum Gasteiger partial charge on any atom is 0.251 e. The van der Waals surface area contributed by atoms with Crippen LogP contribution in [0.1, 0.15) is 40.7 Å². The Morgan fingerprint density at radius 1 is 1.11 bits per heavy atom. The third-order valence-electron chi connectivity index (χ3n) is 6.81. The van der Waals surface area contributed by atoms with Crippen molar-refractivity contribution in [2.45, 2.75) is 25.7 Å². The first kappa shape index (κ1) is 23.4. The molecule has 0 saturated carbocycles. The summed E-state index contributed by atoms with van der Waals surface area (Å²) in [6, 6.07) is 15.7. The quantitative estimate of drug-likeness (QED) is 0.412. The van der Waals surface area contributed by atoms with Gasteiger partial charge in [-0.3, -0.25) is 14.6 Å². The van der Waals surface area contributed by atoms with E-state index in [1.807, 2.05) is 36.4 Å². The molecule has 5 rings (SSSR count). The van der Waals surface area contributed by atoms with E-state index in [1.54, 1.807) is 37.6 Å². The Bertz CT molecular complexity index is 1470.